The second-order valence-electron chi connectivity index (χ2n) is 7.72. The topological polar surface area (TPSA) is 94.2 Å². The molecule has 0 saturated carbocycles. The molecule has 1 unspecified atom stereocenters. The van der Waals surface area contributed by atoms with Gasteiger partial charge in [-0.05, 0) is 48.9 Å². The van der Waals surface area contributed by atoms with E-state index in [4.69, 9.17) is 14.2 Å². The van der Waals surface area contributed by atoms with E-state index in [1.807, 2.05) is 19.1 Å². The summed E-state index contributed by atoms with van der Waals surface area (Å²) in [6.45, 7) is 2.21. The van der Waals surface area contributed by atoms with Crippen molar-refractivity contribution in [3.8, 4) is 17.2 Å². The number of carbonyl (C=O) groups is 1. The number of methoxy groups -OCH3 is 1. The lowest BCUT2D eigenvalue weighted by atomic mass is 10.1. The fourth-order valence-corrected chi connectivity index (χ4v) is 5.05. The van der Waals surface area contributed by atoms with Gasteiger partial charge in [0.2, 0.25) is 5.91 Å². The maximum absolute atomic E-state index is 13.5. The second-order valence-corrected chi connectivity index (χ2v) is 9.58. The van der Waals surface area contributed by atoms with E-state index >= 15 is 0 Å². The highest BCUT2D eigenvalue weighted by atomic mass is 32.2. The van der Waals surface area contributed by atoms with Crippen LogP contribution < -0.4 is 23.8 Å². The van der Waals surface area contributed by atoms with Gasteiger partial charge in [0.15, 0.2) is 11.5 Å². The molecule has 0 saturated heterocycles. The minimum atomic E-state index is -4.03. The van der Waals surface area contributed by atoms with Crippen LogP contribution in [0.1, 0.15) is 18.5 Å². The molecule has 1 amide bonds. The molecule has 0 spiro atoms. The number of carbonyl (C=O) groups excluding carboxylic acids is 1. The molecule has 1 heterocycles. The molecule has 1 N–H and O–H groups in total. The molecule has 3 aromatic rings. The molecule has 34 heavy (non-hydrogen) atoms. The highest BCUT2D eigenvalue weighted by Crippen LogP contribution is 2.35. The van der Waals surface area contributed by atoms with Crippen LogP contribution in [0.2, 0.25) is 0 Å². The predicted octanol–water partition coefficient (Wildman–Crippen LogP) is 3.54. The quantitative estimate of drug-likeness (QED) is 0.528. The molecule has 1 aliphatic heterocycles. The van der Waals surface area contributed by atoms with Crippen LogP contribution >= 0.6 is 0 Å². The fourth-order valence-electron chi connectivity index (χ4n) is 3.62. The van der Waals surface area contributed by atoms with Crippen LogP contribution in [-0.2, 0) is 14.8 Å². The highest BCUT2D eigenvalue weighted by Gasteiger charge is 2.29. The summed E-state index contributed by atoms with van der Waals surface area (Å²) in [5.74, 6) is 1.23. The van der Waals surface area contributed by atoms with Gasteiger partial charge in [-0.3, -0.25) is 9.10 Å². The SMILES string of the molecule is COc1ccc(C(C)NC(=O)CN(c2ccc3c(c2)OCCO3)S(=O)(=O)c2ccccc2)cc1. The Hall–Kier alpha value is -3.72. The van der Waals surface area contributed by atoms with Gasteiger partial charge in [0, 0.05) is 6.07 Å². The molecule has 9 heteroatoms. The van der Waals surface area contributed by atoms with E-state index in [1.165, 1.54) is 12.1 Å². The van der Waals surface area contributed by atoms with E-state index in [1.54, 1.807) is 55.6 Å². The number of fused-ring (bicyclic) bond motifs is 1. The fraction of sp³-hybridized carbons (Fsp3) is 0.240. The Balaban J connectivity index is 1.61. The molecule has 178 valence electrons. The van der Waals surface area contributed by atoms with Crippen LogP contribution in [0.4, 0.5) is 5.69 Å². The first kappa shape index (κ1) is 23.4. The summed E-state index contributed by atoms with van der Waals surface area (Å²) in [5.41, 5.74) is 1.17. The zero-order chi connectivity index (χ0) is 24.1. The lowest BCUT2D eigenvalue weighted by Gasteiger charge is -2.27. The number of ether oxygens (including phenoxy) is 3. The first-order valence-electron chi connectivity index (χ1n) is 10.8. The first-order chi connectivity index (χ1) is 16.4. The van der Waals surface area contributed by atoms with E-state index in [0.717, 1.165) is 9.87 Å². The molecule has 0 radical (unpaired) electrons. The van der Waals surface area contributed by atoms with Gasteiger partial charge < -0.3 is 19.5 Å². The zero-order valence-corrected chi connectivity index (χ0v) is 19.7. The second kappa shape index (κ2) is 10.0. The van der Waals surface area contributed by atoms with Gasteiger partial charge in [0.05, 0.1) is 23.7 Å². The number of amides is 1. The third kappa shape index (κ3) is 5.09. The molecule has 0 aliphatic carbocycles. The Morgan fingerprint density at radius 1 is 1.00 bits per heavy atom. The van der Waals surface area contributed by atoms with Crippen molar-refractivity contribution in [2.75, 3.05) is 31.2 Å². The largest absolute Gasteiger partial charge is 0.497 e. The minimum Gasteiger partial charge on any atom is -0.497 e. The summed E-state index contributed by atoms with van der Waals surface area (Å²) in [6, 6.07) is 19.8. The van der Waals surface area contributed by atoms with Crippen molar-refractivity contribution in [3.05, 3.63) is 78.4 Å². The number of nitrogens with zero attached hydrogens (tertiary/aromatic N) is 1. The molecule has 0 bridgehead atoms. The van der Waals surface area contributed by atoms with E-state index in [2.05, 4.69) is 5.32 Å². The van der Waals surface area contributed by atoms with Crippen molar-refractivity contribution in [1.82, 2.24) is 5.32 Å². The third-order valence-electron chi connectivity index (χ3n) is 5.43. The molecule has 0 aromatic heterocycles. The highest BCUT2D eigenvalue weighted by molar-refractivity contribution is 7.92. The van der Waals surface area contributed by atoms with Gasteiger partial charge in [-0.25, -0.2) is 8.42 Å². The zero-order valence-electron chi connectivity index (χ0n) is 18.9. The van der Waals surface area contributed by atoms with Gasteiger partial charge in [-0.15, -0.1) is 0 Å². The van der Waals surface area contributed by atoms with Crippen molar-refractivity contribution >= 4 is 21.6 Å². The first-order valence-corrected chi connectivity index (χ1v) is 12.2. The summed E-state index contributed by atoms with van der Waals surface area (Å²) in [4.78, 5) is 13.1. The lowest BCUT2D eigenvalue weighted by molar-refractivity contribution is -0.120. The van der Waals surface area contributed by atoms with E-state index in [0.29, 0.717) is 36.1 Å². The summed E-state index contributed by atoms with van der Waals surface area (Å²) >= 11 is 0. The third-order valence-corrected chi connectivity index (χ3v) is 7.21. The number of hydrogen-bond acceptors (Lipinski definition) is 6. The monoisotopic (exact) mass is 482 g/mol. The van der Waals surface area contributed by atoms with Gasteiger partial charge >= 0.3 is 0 Å². The standard InChI is InChI=1S/C25H26N2O6S/c1-18(19-8-11-21(31-2)12-9-19)26-25(28)17-27(34(29,30)22-6-4-3-5-7-22)20-10-13-23-24(16-20)33-15-14-32-23/h3-13,16,18H,14-15,17H2,1-2H3,(H,26,28). The molecule has 3 aromatic carbocycles. The van der Waals surface area contributed by atoms with Gasteiger partial charge in [0.1, 0.15) is 25.5 Å². The van der Waals surface area contributed by atoms with Gasteiger partial charge in [-0.2, -0.15) is 0 Å². The molecule has 0 fully saturated rings. The Bertz CT molecular complexity index is 1250. The van der Waals surface area contributed by atoms with Gasteiger partial charge in [-0.1, -0.05) is 30.3 Å². The Labute approximate surface area is 199 Å². The van der Waals surface area contributed by atoms with E-state index in [9.17, 15) is 13.2 Å². The lowest BCUT2D eigenvalue weighted by Crippen LogP contribution is -2.41. The summed E-state index contributed by atoms with van der Waals surface area (Å²) in [5, 5.41) is 2.88. The molecule has 1 aliphatic rings. The number of rotatable bonds is 8. The maximum Gasteiger partial charge on any atom is 0.264 e. The van der Waals surface area contributed by atoms with Crippen molar-refractivity contribution in [1.29, 1.82) is 0 Å². The van der Waals surface area contributed by atoms with Crippen LogP contribution in [-0.4, -0.2) is 41.2 Å². The normalized spacial score (nSPS) is 13.6. The van der Waals surface area contributed by atoms with Crippen molar-refractivity contribution < 1.29 is 27.4 Å². The number of nitrogens with one attached hydrogen (secondary N) is 1. The van der Waals surface area contributed by atoms with Crippen molar-refractivity contribution in [2.45, 2.75) is 17.9 Å². The number of hydrogen-bond donors (Lipinski definition) is 1. The Morgan fingerprint density at radius 3 is 2.35 bits per heavy atom. The van der Waals surface area contributed by atoms with Crippen molar-refractivity contribution in [2.24, 2.45) is 0 Å². The molecular formula is C25H26N2O6S. The van der Waals surface area contributed by atoms with Crippen LogP contribution in [0.3, 0.4) is 0 Å². The minimum absolute atomic E-state index is 0.0842. The number of anilines is 1. The number of benzene rings is 3. The van der Waals surface area contributed by atoms with E-state index < -0.39 is 22.5 Å². The van der Waals surface area contributed by atoms with Crippen LogP contribution in [0, 0.1) is 0 Å². The number of sulfonamides is 1. The van der Waals surface area contributed by atoms with Crippen molar-refractivity contribution in [3.63, 3.8) is 0 Å². The average Bonchev–Trinajstić information content (AvgIpc) is 2.87. The summed E-state index contributed by atoms with van der Waals surface area (Å²) < 4.78 is 44.5. The summed E-state index contributed by atoms with van der Waals surface area (Å²) in [7, 11) is -2.44. The molecule has 8 nitrogen and oxygen atoms in total. The molecule has 1 atom stereocenters. The Morgan fingerprint density at radius 2 is 1.68 bits per heavy atom. The van der Waals surface area contributed by atoms with Crippen LogP contribution in [0.25, 0.3) is 0 Å². The molecule has 4 rings (SSSR count). The van der Waals surface area contributed by atoms with Crippen LogP contribution in [0.15, 0.2) is 77.7 Å². The summed E-state index contributed by atoms with van der Waals surface area (Å²) in [6.07, 6.45) is 0. The average molecular weight is 483 g/mol. The maximum atomic E-state index is 13.5. The van der Waals surface area contributed by atoms with Crippen LogP contribution in [0.5, 0.6) is 17.2 Å². The molecular weight excluding hydrogens is 456 g/mol. The van der Waals surface area contributed by atoms with Gasteiger partial charge in [0.25, 0.3) is 10.0 Å². The van der Waals surface area contributed by atoms with E-state index in [-0.39, 0.29) is 10.9 Å². The predicted molar refractivity (Wildman–Crippen MR) is 128 cm³/mol. The Kier molecular flexibility index (Phi) is 6.93. The smallest absolute Gasteiger partial charge is 0.264 e.